The van der Waals surface area contributed by atoms with Crippen LogP contribution in [0.3, 0.4) is 0 Å². The summed E-state index contributed by atoms with van der Waals surface area (Å²) < 4.78 is 0. The van der Waals surface area contributed by atoms with Crippen molar-refractivity contribution in [2.45, 2.75) is 26.7 Å². The predicted octanol–water partition coefficient (Wildman–Crippen LogP) is 3.60. The summed E-state index contributed by atoms with van der Waals surface area (Å²) in [5.74, 6) is -0.0437. The van der Waals surface area contributed by atoms with Gasteiger partial charge in [0.1, 0.15) is 5.75 Å². The molecule has 0 amide bonds. The third-order valence-electron chi connectivity index (χ3n) is 3.33. The van der Waals surface area contributed by atoms with Crippen LogP contribution in [0.1, 0.15) is 25.0 Å². The second-order valence-electron chi connectivity index (χ2n) is 4.52. The van der Waals surface area contributed by atoms with Crippen molar-refractivity contribution in [2.75, 3.05) is 0 Å². The Hall–Kier alpha value is -2.16. The molecule has 0 saturated carbocycles. The Morgan fingerprint density at radius 3 is 2.11 bits per heavy atom. The van der Waals surface area contributed by atoms with Crippen molar-refractivity contribution in [1.82, 2.24) is 0 Å². The summed E-state index contributed by atoms with van der Waals surface area (Å²) in [6.45, 7) is 3.93. The van der Waals surface area contributed by atoms with Gasteiger partial charge in [0, 0.05) is 5.56 Å². The van der Waals surface area contributed by atoms with E-state index in [-0.39, 0.29) is 17.2 Å². The van der Waals surface area contributed by atoms with Gasteiger partial charge in [0.15, 0.2) is 11.5 Å². The first kappa shape index (κ1) is 13.3. The van der Waals surface area contributed by atoms with Crippen LogP contribution in [0.5, 0.6) is 17.2 Å². The fourth-order valence-electron chi connectivity index (χ4n) is 2.31. The molecule has 0 aliphatic heterocycles. The quantitative estimate of drug-likeness (QED) is 0.737. The van der Waals surface area contributed by atoms with E-state index in [1.54, 1.807) is 24.3 Å². The molecule has 0 aromatic heterocycles. The molecule has 0 unspecified atom stereocenters. The lowest BCUT2D eigenvalue weighted by Crippen LogP contribution is -1.93. The van der Waals surface area contributed by atoms with Gasteiger partial charge in [0.2, 0.25) is 0 Å². The predicted molar refractivity (Wildman–Crippen MR) is 75.6 cm³/mol. The summed E-state index contributed by atoms with van der Waals surface area (Å²) in [5, 5.41) is 29.8. The molecule has 3 N–H and O–H groups in total. The molecule has 2 rings (SSSR count). The summed E-state index contributed by atoms with van der Waals surface area (Å²) in [6.07, 6.45) is 1.40. The lowest BCUT2D eigenvalue weighted by atomic mass is 9.93. The molecule has 0 fully saturated rings. The van der Waals surface area contributed by atoms with E-state index in [1.807, 2.05) is 19.9 Å². The van der Waals surface area contributed by atoms with Crippen LogP contribution in [0, 0.1) is 0 Å². The van der Waals surface area contributed by atoms with Gasteiger partial charge in [-0.15, -0.1) is 0 Å². The number of benzene rings is 2. The van der Waals surface area contributed by atoms with Gasteiger partial charge in [-0.3, -0.25) is 0 Å². The number of phenolic OH excluding ortho intramolecular Hbond substituents is 3. The summed E-state index contributed by atoms with van der Waals surface area (Å²) in [4.78, 5) is 0. The van der Waals surface area contributed by atoms with Gasteiger partial charge in [-0.05, 0) is 41.7 Å². The Balaban J connectivity index is 2.72. The van der Waals surface area contributed by atoms with Crippen molar-refractivity contribution < 1.29 is 15.3 Å². The SMILES string of the molecule is CCc1cc(CC)c(-c2cccc(O)c2)c(O)c1O. The van der Waals surface area contributed by atoms with Crippen LogP contribution in [-0.4, -0.2) is 15.3 Å². The van der Waals surface area contributed by atoms with Crippen LogP contribution in [0.25, 0.3) is 11.1 Å². The van der Waals surface area contributed by atoms with Crippen molar-refractivity contribution >= 4 is 0 Å². The van der Waals surface area contributed by atoms with Gasteiger partial charge in [-0.2, -0.15) is 0 Å². The number of rotatable bonds is 3. The van der Waals surface area contributed by atoms with Crippen LogP contribution in [0.15, 0.2) is 30.3 Å². The minimum absolute atomic E-state index is 0.0713. The van der Waals surface area contributed by atoms with E-state index in [2.05, 4.69) is 0 Å². The van der Waals surface area contributed by atoms with Gasteiger partial charge in [-0.25, -0.2) is 0 Å². The number of phenols is 3. The fourth-order valence-corrected chi connectivity index (χ4v) is 2.31. The molecule has 19 heavy (non-hydrogen) atoms. The maximum atomic E-state index is 10.2. The Morgan fingerprint density at radius 2 is 1.53 bits per heavy atom. The highest BCUT2D eigenvalue weighted by molar-refractivity contribution is 5.78. The zero-order valence-corrected chi connectivity index (χ0v) is 11.1. The standard InChI is InChI=1S/C16H18O3/c1-3-10-8-11(4-2)15(18)16(19)14(10)12-6-5-7-13(17)9-12/h5-9,17-19H,3-4H2,1-2H3. The van der Waals surface area contributed by atoms with E-state index in [4.69, 9.17) is 0 Å². The van der Waals surface area contributed by atoms with Crippen LogP contribution in [0.4, 0.5) is 0 Å². The minimum Gasteiger partial charge on any atom is -0.508 e. The molecule has 0 atom stereocenters. The van der Waals surface area contributed by atoms with E-state index in [0.29, 0.717) is 17.5 Å². The molecule has 0 spiro atoms. The van der Waals surface area contributed by atoms with E-state index < -0.39 is 0 Å². The maximum Gasteiger partial charge on any atom is 0.166 e. The van der Waals surface area contributed by atoms with E-state index >= 15 is 0 Å². The van der Waals surface area contributed by atoms with Crippen LogP contribution in [0.2, 0.25) is 0 Å². The largest absolute Gasteiger partial charge is 0.508 e. The number of hydrogen-bond donors (Lipinski definition) is 3. The van der Waals surface area contributed by atoms with Gasteiger partial charge >= 0.3 is 0 Å². The molecule has 2 aromatic rings. The first-order valence-electron chi connectivity index (χ1n) is 6.44. The maximum absolute atomic E-state index is 10.2. The summed E-state index contributed by atoms with van der Waals surface area (Å²) in [6, 6.07) is 8.59. The molecule has 3 nitrogen and oxygen atoms in total. The first-order valence-corrected chi connectivity index (χ1v) is 6.44. The smallest absolute Gasteiger partial charge is 0.166 e. The molecule has 100 valence electrons. The Kier molecular flexibility index (Phi) is 3.65. The molecule has 2 aromatic carbocycles. The number of aromatic hydroxyl groups is 3. The second-order valence-corrected chi connectivity index (χ2v) is 4.52. The molecular formula is C16H18O3. The molecule has 0 radical (unpaired) electrons. The summed E-state index contributed by atoms with van der Waals surface area (Å²) >= 11 is 0. The monoisotopic (exact) mass is 258 g/mol. The van der Waals surface area contributed by atoms with E-state index in [9.17, 15) is 15.3 Å². The summed E-state index contributed by atoms with van der Waals surface area (Å²) in [7, 11) is 0. The van der Waals surface area contributed by atoms with Crippen LogP contribution in [-0.2, 0) is 12.8 Å². The molecule has 0 aliphatic carbocycles. The lowest BCUT2D eigenvalue weighted by Gasteiger charge is -2.15. The zero-order chi connectivity index (χ0) is 14.0. The van der Waals surface area contributed by atoms with Crippen molar-refractivity contribution in [1.29, 1.82) is 0 Å². The van der Waals surface area contributed by atoms with E-state index in [1.165, 1.54) is 0 Å². The third-order valence-corrected chi connectivity index (χ3v) is 3.33. The highest BCUT2D eigenvalue weighted by Gasteiger charge is 2.17. The summed E-state index contributed by atoms with van der Waals surface area (Å²) in [5.41, 5.74) is 2.98. The lowest BCUT2D eigenvalue weighted by molar-refractivity contribution is 0.400. The molecule has 0 saturated heterocycles. The fraction of sp³-hybridized carbons (Fsp3) is 0.250. The highest BCUT2D eigenvalue weighted by atomic mass is 16.3. The number of hydrogen-bond acceptors (Lipinski definition) is 3. The molecule has 3 heteroatoms. The minimum atomic E-state index is -0.109. The molecular weight excluding hydrogens is 240 g/mol. The van der Waals surface area contributed by atoms with Crippen molar-refractivity contribution in [3.8, 4) is 28.4 Å². The van der Waals surface area contributed by atoms with Gasteiger partial charge in [0.05, 0.1) is 0 Å². The zero-order valence-electron chi connectivity index (χ0n) is 11.1. The van der Waals surface area contributed by atoms with Crippen LogP contribution < -0.4 is 0 Å². The Morgan fingerprint density at radius 1 is 0.842 bits per heavy atom. The average molecular weight is 258 g/mol. The Labute approximate surface area is 112 Å². The van der Waals surface area contributed by atoms with Crippen molar-refractivity contribution in [2.24, 2.45) is 0 Å². The van der Waals surface area contributed by atoms with Crippen molar-refractivity contribution in [3.63, 3.8) is 0 Å². The molecule has 0 aliphatic rings. The first-order chi connectivity index (χ1) is 9.08. The van der Waals surface area contributed by atoms with Crippen LogP contribution >= 0.6 is 0 Å². The average Bonchev–Trinajstić information content (AvgIpc) is 2.41. The van der Waals surface area contributed by atoms with E-state index in [0.717, 1.165) is 17.5 Å². The molecule has 0 bridgehead atoms. The van der Waals surface area contributed by atoms with Gasteiger partial charge in [-0.1, -0.05) is 32.0 Å². The Bertz CT molecular complexity index is 603. The normalized spacial score (nSPS) is 10.6. The number of aryl methyl sites for hydroxylation is 2. The van der Waals surface area contributed by atoms with Gasteiger partial charge in [0.25, 0.3) is 0 Å². The highest BCUT2D eigenvalue weighted by Crippen LogP contribution is 2.42. The second kappa shape index (κ2) is 5.22. The molecule has 0 heterocycles. The topological polar surface area (TPSA) is 60.7 Å². The van der Waals surface area contributed by atoms with Gasteiger partial charge < -0.3 is 15.3 Å². The van der Waals surface area contributed by atoms with Crippen molar-refractivity contribution in [3.05, 3.63) is 41.5 Å². The third kappa shape index (κ3) is 2.36.